The normalized spacial score (nSPS) is 13.6. The van der Waals surface area contributed by atoms with Crippen molar-refractivity contribution in [2.24, 2.45) is 11.7 Å². The van der Waals surface area contributed by atoms with E-state index in [2.05, 4.69) is 12.2 Å². The second kappa shape index (κ2) is 9.53. The maximum absolute atomic E-state index is 11.7. The molecule has 0 spiro atoms. The van der Waals surface area contributed by atoms with E-state index in [0.29, 0.717) is 12.8 Å². The summed E-state index contributed by atoms with van der Waals surface area (Å²) in [4.78, 5) is 34.0. The lowest BCUT2D eigenvalue weighted by Gasteiger charge is -2.16. The molecule has 5 nitrogen and oxygen atoms in total. The first-order valence-electron chi connectivity index (χ1n) is 6.97. The van der Waals surface area contributed by atoms with E-state index in [9.17, 15) is 14.4 Å². The molecule has 0 saturated heterocycles. The van der Waals surface area contributed by atoms with Gasteiger partial charge < -0.3 is 11.1 Å². The van der Waals surface area contributed by atoms with E-state index in [1.807, 2.05) is 0 Å². The van der Waals surface area contributed by atoms with Crippen LogP contribution >= 0.6 is 0 Å². The fourth-order valence-electron chi connectivity index (χ4n) is 1.73. The summed E-state index contributed by atoms with van der Waals surface area (Å²) in [7, 11) is 0. The van der Waals surface area contributed by atoms with Gasteiger partial charge in [-0.05, 0) is 19.8 Å². The zero-order chi connectivity index (χ0) is 14.8. The molecule has 110 valence electrons. The highest BCUT2D eigenvalue weighted by Gasteiger charge is 2.17. The molecule has 0 fully saturated rings. The first-order valence-corrected chi connectivity index (χ1v) is 6.97. The number of primary amides is 1. The minimum absolute atomic E-state index is 0.0209. The summed E-state index contributed by atoms with van der Waals surface area (Å²) < 4.78 is 0. The van der Waals surface area contributed by atoms with Crippen molar-refractivity contribution < 1.29 is 14.4 Å². The summed E-state index contributed by atoms with van der Waals surface area (Å²) in [6, 6.07) is -0.400. The maximum atomic E-state index is 11.7. The number of unbranched alkanes of at least 4 members (excludes halogenated alkanes) is 2. The van der Waals surface area contributed by atoms with Gasteiger partial charge >= 0.3 is 0 Å². The van der Waals surface area contributed by atoms with Gasteiger partial charge in [-0.1, -0.05) is 33.1 Å². The van der Waals surface area contributed by atoms with Crippen molar-refractivity contribution >= 4 is 17.6 Å². The summed E-state index contributed by atoms with van der Waals surface area (Å²) in [5, 5.41) is 2.73. The van der Waals surface area contributed by atoms with Crippen molar-refractivity contribution in [2.45, 2.75) is 65.3 Å². The van der Waals surface area contributed by atoms with Crippen molar-refractivity contribution in [1.82, 2.24) is 5.32 Å². The molecule has 0 rings (SSSR count). The predicted molar refractivity (Wildman–Crippen MR) is 74.3 cm³/mol. The molecule has 0 aliphatic rings. The van der Waals surface area contributed by atoms with Gasteiger partial charge in [0.15, 0.2) is 5.78 Å². The SMILES string of the molecule is CCCCC[C@H](NC(=O)CC[C@@H](C)C(N)=O)C(C)=O. The van der Waals surface area contributed by atoms with Gasteiger partial charge in [-0.3, -0.25) is 14.4 Å². The van der Waals surface area contributed by atoms with Crippen molar-refractivity contribution in [3.05, 3.63) is 0 Å². The molecule has 0 aromatic heterocycles. The van der Waals surface area contributed by atoms with Crippen molar-refractivity contribution in [3.63, 3.8) is 0 Å². The van der Waals surface area contributed by atoms with Crippen LogP contribution in [0.5, 0.6) is 0 Å². The fraction of sp³-hybridized carbons (Fsp3) is 0.786. The van der Waals surface area contributed by atoms with Crippen LogP contribution < -0.4 is 11.1 Å². The van der Waals surface area contributed by atoms with E-state index >= 15 is 0 Å². The predicted octanol–water partition coefficient (Wildman–Crippen LogP) is 1.54. The second-order valence-corrected chi connectivity index (χ2v) is 5.07. The molecule has 0 aromatic rings. The monoisotopic (exact) mass is 270 g/mol. The molecule has 5 heteroatoms. The van der Waals surface area contributed by atoms with Crippen LogP contribution in [0.1, 0.15) is 59.3 Å². The highest BCUT2D eigenvalue weighted by Crippen LogP contribution is 2.07. The molecular formula is C14H26N2O3. The molecule has 0 radical (unpaired) electrons. The van der Waals surface area contributed by atoms with Gasteiger partial charge in [0.25, 0.3) is 0 Å². The Morgan fingerprint density at radius 1 is 1.16 bits per heavy atom. The Bertz CT molecular complexity index is 316. The van der Waals surface area contributed by atoms with E-state index in [0.717, 1.165) is 19.3 Å². The number of carbonyl (C=O) groups excluding carboxylic acids is 3. The van der Waals surface area contributed by atoms with Gasteiger partial charge in [0.05, 0.1) is 6.04 Å². The van der Waals surface area contributed by atoms with Crippen LogP contribution in [-0.2, 0) is 14.4 Å². The van der Waals surface area contributed by atoms with E-state index in [1.165, 1.54) is 6.92 Å². The molecule has 2 amide bonds. The van der Waals surface area contributed by atoms with Crippen LogP contribution in [-0.4, -0.2) is 23.6 Å². The van der Waals surface area contributed by atoms with E-state index in [-0.39, 0.29) is 24.0 Å². The summed E-state index contributed by atoms with van der Waals surface area (Å²) in [5.41, 5.74) is 5.13. The van der Waals surface area contributed by atoms with Crippen LogP contribution in [0.2, 0.25) is 0 Å². The van der Waals surface area contributed by atoms with E-state index in [4.69, 9.17) is 5.73 Å². The Kier molecular flexibility index (Phi) is 8.83. The van der Waals surface area contributed by atoms with Gasteiger partial charge in [-0.2, -0.15) is 0 Å². The Morgan fingerprint density at radius 3 is 2.26 bits per heavy atom. The number of rotatable bonds is 10. The molecule has 0 aliphatic heterocycles. The minimum atomic E-state index is -0.404. The quantitative estimate of drug-likeness (QED) is 0.590. The third-order valence-electron chi connectivity index (χ3n) is 3.21. The van der Waals surface area contributed by atoms with Crippen LogP contribution in [0.3, 0.4) is 0 Å². The Morgan fingerprint density at radius 2 is 1.79 bits per heavy atom. The van der Waals surface area contributed by atoms with E-state index < -0.39 is 11.9 Å². The molecule has 0 unspecified atom stereocenters. The third kappa shape index (κ3) is 8.35. The summed E-state index contributed by atoms with van der Waals surface area (Å²) >= 11 is 0. The number of nitrogens with one attached hydrogen (secondary N) is 1. The standard InChI is InChI=1S/C14H26N2O3/c1-4-5-6-7-12(11(3)17)16-13(18)9-8-10(2)14(15)19/h10,12H,4-9H2,1-3H3,(H2,15,19)(H,16,18)/t10-,12+/m1/s1. The van der Waals surface area contributed by atoms with Crippen LogP contribution in [0.15, 0.2) is 0 Å². The van der Waals surface area contributed by atoms with Gasteiger partial charge in [-0.15, -0.1) is 0 Å². The van der Waals surface area contributed by atoms with Crippen molar-refractivity contribution in [1.29, 1.82) is 0 Å². The van der Waals surface area contributed by atoms with Gasteiger partial charge in [0.2, 0.25) is 11.8 Å². The van der Waals surface area contributed by atoms with Crippen LogP contribution in [0.4, 0.5) is 0 Å². The van der Waals surface area contributed by atoms with Crippen LogP contribution in [0.25, 0.3) is 0 Å². The first-order chi connectivity index (χ1) is 8.88. The topological polar surface area (TPSA) is 89.3 Å². The highest BCUT2D eigenvalue weighted by molar-refractivity contribution is 5.87. The lowest BCUT2D eigenvalue weighted by Crippen LogP contribution is -2.40. The molecule has 0 heterocycles. The fourth-order valence-corrected chi connectivity index (χ4v) is 1.73. The van der Waals surface area contributed by atoms with Crippen LogP contribution in [0, 0.1) is 5.92 Å². The van der Waals surface area contributed by atoms with Gasteiger partial charge in [0, 0.05) is 12.3 Å². The highest BCUT2D eigenvalue weighted by atomic mass is 16.2. The third-order valence-corrected chi connectivity index (χ3v) is 3.21. The molecule has 0 saturated carbocycles. The largest absolute Gasteiger partial charge is 0.369 e. The molecule has 0 aromatic carbocycles. The average Bonchev–Trinajstić information content (AvgIpc) is 2.34. The lowest BCUT2D eigenvalue weighted by molar-refractivity contribution is -0.127. The summed E-state index contributed by atoms with van der Waals surface area (Å²) in [6.07, 6.45) is 4.38. The molecule has 19 heavy (non-hydrogen) atoms. The number of nitrogens with two attached hydrogens (primary N) is 1. The molecule has 0 aliphatic carbocycles. The first kappa shape index (κ1) is 17.6. The average molecular weight is 270 g/mol. The van der Waals surface area contributed by atoms with Crippen molar-refractivity contribution in [2.75, 3.05) is 0 Å². The smallest absolute Gasteiger partial charge is 0.220 e. The molecule has 2 atom stereocenters. The molecular weight excluding hydrogens is 244 g/mol. The summed E-state index contributed by atoms with van der Waals surface area (Å²) in [5.74, 6) is -0.933. The number of ketones is 1. The molecule has 3 N–H and O–H groups in total. The van der Waals surface area contributed by atoms with Gasteiger partial charge in [-0.25, -0.2) is 0 Å². The number of amides is 2. The number of hydrogen-bond acceptors (Lipinski definition) is 3. The summed E-state index contributed by atoms with van der Waals surface area (Å²) in [6.45, 7) is 5.27. The second-order valence-electron chi connectivity index (χ2n) is 5.07. The molecule has 0 bridgehead atoms. The van der Waals surface area contributed by atoms with Gasteiger partial charge in [0.1, 0.15) is 0 Å². The number of carbonyl (C=O) groups is 3. The Labute approximate surface area is 115 Å². The van der Waals surface area contributed by atoms with E-state index in [1.54, 1.807) is 6.92 Å². The van der Waals surface area contributed by atoms with Crippen molar-refractivity contribution in [3.8, 4) is 0 Å². The maximum Gasteiger partial charge on any atom is 0.220 e. The number of Topliss-reactive ketones (excluding diaryl/α,β-unsaturated/α-hetero) is 1. The minimum Gasteiger partial charge on any atom is -0.369 e. The Hall–Kier alpha value is -1.39. The number of hydrogen-bond donors (Lipinski definition) is 2. The zero-order valence-corrected chi connectivity index (χ0v) is 12.2. The zero-order valence-electron chi connectivity index (χ0n) is 12.2. The lowest BCUT2D eigenvalue weighted by atomic mass is 10.0. The Balaban J connectivity index is 4.09.